The fourth-order valence-electron chi connectivity index (χ4n) is 2.43. The van der Waals surface area contributed by atoms with Gasteiger partial charge in [0.2, 0.25) is 0 Å². The molecule has 3 nitrogen and oxygen atoms in total. The van der Waals surface area contributed by atoms with E-state index in [1.165, 1.54) is 5.56 Å². The summed E-state index contributed by atoms with van der Waals surface area (Å²) in [7, 11) is 1.87. The Morgan fingerprint density at radius 1 is 1.05 bits per heavy atom. The van der Waals surface area contributed by atoms with Crippen molar-refractivity contribution in [3.63, 3.8) is 0 Å². The van der Waals surface area contributed by atoms with Gasteiger partial charge in [0.25, 0.3) is 0 Å². The van der Waals surface area contributed by atoms with Crippen LogP contribution in [-0.2, 0) is 7.05 Å². The van der Waals surface area contributed by atoms with Crippen molar-refractivity contribution in [1.29, 1.82) is 0 Å². The Morgan fingerprint density at radius 2 is 1.76 bits per heavy atom. The molecule has 2 aromatic carbocycles. The highest BCUT2D eigenvalue weighted by atomic mass is 79.9. The Labute approximate surface area is 132 Å². The summed E-state index contributed by atoms with van der Waals surface area (Å²) in [5, 5.41) is 4.59. The van der Waals surface area contributed by atoms with Crippen LogP contribution in [0.5, 0.6) is 0 Å². The summed E-state index contributed by atoms with van der Waals surface area (Å²) in [6.07, 6.45) is 0. The summed E-state index contributed by atoms with van der Waals surface area (Å²) in [6, 6.07) is 16.5. The Balaban J connectivity index is 2.23. The molecule has 3 aromatic rings. The molecule has 0 saturated heterocycles. The van der Waals surface area contributed by atoms with E-state index in [4.69, 9.17) is 5.73 Å². The van der Waals surface area contributed by atoms with E-state index in [1.807, 2.05) is 37.4 Å². The molecular weight excluding hydrogens is 326 g/mol. The molecule has 21 heavy (non-hydrogen) atoms. The summed E-state index contributed by atoms with van der Waals surface area (Å²) >= 11 is 3.46. The molecule has 0 unspecified atom stereocenters. The SMILES string of the molecule is Cc1cccc(-c2c(-c3ccc(Br)cc3)nn(C)c2N)c1. The maximum atomic E-state index is 6.24. The number of anilines is 1. The zero-order chi connectivity index (χ0) is 15.0. The number of hydrogen-bond acceptors (Lipinski definition) is 2. The van der Waals surface area contributed by atoms with Crippen molar-refractivity contribution in [2.24, 2.45) is 7.05 Å². The molecule has 0 radical (unpaired) electrons. The Kier molecular flexibility index (Phi) is 3.55. The molecule has 0 spiro atoms. The molecule has 2 N–H and O–H groups in total. The van der Waals surface area contributed by atoms with Crippen molar-refractivity contribution in [2.75, 3.05) is 5.73 Å². The van der Waals surface area contributed by atoms with Gasteiger partial charge in [0.15, 0.2) is 0 Å². The molecule has 3 rings (SSSR count). The second-order valence-corrected chi connectivity index (χ2v) is 6.02. The number of hydrogen-bond donors (Lipinski definition) is 1. The lowest BCUT2D eigenvalue weighted by atomic mass is 9.99. The second kappa shape index (κ2) is 5.37. The van der Waals surface area contributed by atoms with Crippen molar-refractivity contribution in [3.8, 4) is 22.4 Å². The fourth-order valence-corrected chi connectivity index (χ4v) is 2.70. The molecular formula is C17H16BrN3. The van der Waals surface area contributed by atoms with Crippen molar-refractivity contribution in [3.05, 3.63) is 58.6 Å². The first-order valence-electron chi connectivity index (χ1n) is 6.71. The smallest absolute Gasteiger partial charge is 0.129 e. The van der Waals surface area contributed by atoms with Gasteiger partial charge in [0.1, 0.15) is 11.5 Å². The van der Waals surface area contributed by atoms with E-state index >= 15 is 0 Å². The van der Waals surface area contributed by atoms with E-state index in [0.29, 0.717) is 5.82 Å². The van der Waals surface area contributed by atoms with Crippen LogP contribution in [0.15, 0.2) is 53.0 Å². The minimum absolute atomic E-state index is 0.679. The summed E-state index contributed by atoms with van der Waals surface area (Å²) in [6.45, 7) is 2.08. The first kappa shape index (κ1) is 13.9. The number of rotatable bonds is 2. The van der Waals surface area contributed by atoms with Gasteiger partial charge in [-0.15, -0.1) is 0 Å². The van der Waals surface area contributed by atoms with E-state index in [0.717, 1.165) is 26.9 Å². The average molecular weight is 342 g/mol. The van der Waals surface area contributed by atoms with Crippen LogP contribution in [0.2, 0.25) is 0 Å². The zero-order valence-corrected chi connectivity index (χ0v) is 13.6. The molecule has 0 bridgehead atoms. The molecule has 1 heterocycles. The minimum atomic E-state index is 0.679. The van der Waals surface area contributed by atoms with Gasteiger partial charge in [-0.05, 0) is 24.6 Å². The predicted molar refractivity (Wildman–Crippen MR) is 90.9 cm³/mol. The van der Waals surface area contributed by atoms with Crippen LogP contribution in [0.4, 0.5) is 5.82 Å². The molecule has 0 amide bonds. The average Bonchev–Trinajstić information content (AvgIpc) is 2.76. The topological polar surface area (TPSA) is 43.8 Å². The summed E-state index contributed by atoms with van der Waals surface area (Å²) in [5.74, 6) is 0.679. The van der Waals surface area contributed by atoms with E-state index in [1.54, 1.807) is 4.68 Å². The monoisotopic (exact) mass is 341 g/mol. The number of aromatic nitrogens is 2. The maximum Gasteiger partial charge on any atom is 0.129 e. The lowest BCUT2D eigenvalue weighted by Crippen LogP contribution is -1.98. The molecule has 106 valence electrons. The second-order valence-electron chi connectivity index (χ2n) is 5.11. The molecule has 0 fully saturated rings. The van der Waals surface area contributed by atoms with Crippen LogP contribution in [0.1, 0.15) is 5.56 Å². The standard InChI is InChI=1S/C17H16BrN3/c1-11-4-3-5-13(10-11)15-16(20-21(2)17(15)19)12-6-8-14(18)9-7-12/h3-10H,19H2,1-2H3. The highest BCUT2D eigenvalue weighted by molar-refractivity contribution is 9.10. The highest BCUT2D eigenvalue weighted by Gasteiger charge is 2.17. The first-order chi connectivity index (χ1) is 10.1. The summed E-state index contributed by atoms with van der Waals surface area (Å²) < 4.78 is 2.78. The number of nitrogens with two attached hydrogens (primary N) is 1. The van der Waals surface area contributed by atoms with Crippen LogP contribution in [0, 0.1) is 6.92 Å². The van der Waals surface area contributed by atoms with Gasteiger partial charge in [-0.1, -0.05) is 57.9 Å². The quantitative estimate of drug-likeness (QED) is 0.750. The van der Waals surface area contributed by atoms with Gasteiger partial charge in [-0.3, -0.25) is 4.68 Å². The Bertz CT molecular complexity index is 788. The van der Waals surface area contributed by atoms with Crippen LogP contribution < -0.4 is 5.73 Å². The van der Waals surface area contributed by atoms with Gasteiger partial charge in [0.05, 0.1) is 5.56 Å². The van der Waals surface area contributed by atoms with Gasteiger partial charge in [-0.2, -0.15) is 5.10 Å². The van der Waals surface area contributed by atoms with Crippen LogP contribution in [0.3, 0.4) is 0 Å². The largest absolute Gasteiger partial charge is 0.383 e. The third-order valence-corrected chi connectivity index (χ3v) is 4.04. The maximum absolute atomic E-state index is 6.24. The number of aryl methyl sites for hydroxylation is 2. The van der Waals surface area contributed by atoms with Crippen molar-refractivity contribution in [1.82, 2.24) is 9.78 Å². The number of benzene rings is 2. The lowest BCUT2D eigenvalue weighted by Gasteiger charge is -2.06. The normalized spacial score (nSPS) is 10.8. The first-order valence-corrected chi connectivity index (χ1v) is 7.51. The molecule has 0 aliphatic carbocycles. The van der Waals surface area contributed by atoms with Crippen LogP contribution in [0.25, 0.3) is 22.4 Å². The molecule has 0 saturated carbocycles. The number of nitrogens with zero attached hydrogens (tertiary/aromatic N) is 2. The third kappa shape index (κ3) is 2.59. The summed E-state index contributed by atoms with van der Waals surface area (Å²) in [5.41, 5.74) is 11.5. The van der Waals surface area contributed by atoms with E-state index in [-0.39, 0.29) is 0 Å². The van der Waals surface area contributed by atoms with Gasteiger partial charge in [0, 0.05) is 17.1 Å². The summed E-state index contributed by atoms with van der Waals surface area (Å²) in [4.78, 5) is 0. The van der Waals surface area contributed by atoms with Gasteiger partial charge >= 0.3 is 0 Å². The van der Waals surface area contributed by atoms with Crippen LogP contribution in [-0.4, -0.2) is 9.78 Å². The predicted octanol–water partition coefficient (Wildman–Crippen LogP) is 4.41. The van der Waals surface area contributed by atoms with E-state index in [2.05, 4.69) is 46.2 Å². The number of halogens is 1. The fraction of sp³-hybridized carbons (Fsp3) is 0.118. The van der Waals surface area contributed by atoms with E-state index < -0.39 is 0 Å². The zero-order valence-electron chi connectivity index (χ0n) is 12.0. The van der Waals surface area contributed by atoms with Crippen molar-refractivity contribution < 1.29 is 0 Å². The molecule has 0 aliphatic rings. The van der Waals surface area contributed by atoms with Crippen molar-refractivity contribution in [2.45, 2.75) is 6.92 Å². The van der Waals surface area contributed by atoms with Crippen molar-refractivity contribution >= 4 is 21.7 Å². The highest BCUT2D eigenvalue weighted by Crippen LogP contribution is 2.36. The Morgan fingerprint density at radius 3 is 2.43 bits per heavy atom. The van der Waals surface area contributed by atoms with Gasteiger partial charge in [-0.25, -0.2) is 0 Å². The van der Waals surface area contributed by atoms with E-state index in [9.17, 15) is 0 Å². The molecule has 0 atom stereocenters. The molecule has 0 aliphatic heterocycles. The lowest BCUT2D eigenvalue weighted by molar-refractivity contribution is 0.782. The third-order valence-electron chi connectivity index (χ3n) is 3.52. The number of nitrogen functional groups attached to an aromatic ring is 1. The van der Waals surface area contributed by atoms with Gasteiger partial charge < -0.3 is 5.73 Å². The molecule has 4 heteroatoms. The Hall–Kier alpha value is -2.07. The van der Waals surface area contributed by atoms with Crippen LogP contribution >= 0.6 is 15.9 Å². The minimum Gasteiger partial charge on any atom is -0.383 e. The molecule has 1 aromatic heterocycles.